The van der Waals surface area contributed by atoms with Crippen molar-refractivity contribution in [3.05, 3.63) is 155 Å². The number of aromatic hydroxyl groups is 2. The second-order valence-electron chi connectivity index (χ2n) is 49.8. The Morgan fingerprint density at radius 3 is 0.695 bits per heavy atom. The molecule has 0 unspecified atom stereocenters. The van der Waals surface area contributed by atoms with Gasteiger partial charge in [-0.3, -0.25) is 0 Å². The third-order valence-electron chi connectivity index (χ3n) is 27.4. The molecule has 702 valence electrons. The van der Waals surface area contributed by atoms with Gasteiger partial charge in [0.05, 0.1) is 65.7 Å². The molecule has 10 aromatic rings. The molecule has 128 heavy (non-hydrogen) atoms. The zero-order valence-electron chi connectivity index (χ0n) is 87.2. The average Bonchev–Trinajstić information content (AvgIpc) is 1.58. The number of phenolic OH excluding ortho intramolecular Hbond substituents is 2. The fraction of sp³-hybridized carbons (Fsp3) is 0.586. The summed E-state index contributed by atoms with van der Waals surface area (Å²) in [4.78, 5) is 0. The van der Waals surface area contributed by atoms with Crippen molar-refractivity contribution in [2.75, 3.05) is 13.2 Å². The van der Waals surface area contributed by atoms with Gasteiger partial charge in [0.2, 0.25) is 0 Å². The Kier molecular flexibility index (Phi) is 32.8. The molecule has 0 radical (unpaired) electrons. The number of phenols is 2. The first kappa shape index (κ1) is 103. The highest BCUT2D eigenvalue weighted by Crippen LogP contribution is 2.52. The van der Waals surface area contributed by atoms with Gasteiger partial charge in [-0.05, 0) is 214 Å². The third kappa shape index (κ3) is 23.9. The Hall–Kier alpha value is -6.71. The summed E-state index contributed by atoms with van der Waals surface area (Å²) in [5.41, 5.74) is 9.74. The third-order valence-corrected chi connectivity index (χ3v) is 52.7. The number of aryl methyl sites for hydroxylation is 2. The van der Waals surface area contributed by atoms with Gasteiger partial charge in [-0.25, -0.2) is 8.78 Å². The van der Waals surface area contributed by atoms with Gasteiger partial charge in [0.1, 0.15) is 47.8 Å². The first-order valence-corrected chi connectivity index (χ1v) is 60.6. The number of hydrogen-bond donors (Lipinski definition) is 2. The predicted molar refractivity (Wildman–Crippen MR) is 568 cm³/mol. The van der Waals surface area contributed by atoms with Crippen molar-refractivity contribution >= 4 is 96.7 Å². The van der Waals surface area contributed by atoms with Gasteiger partial charge < -0.3 is 28.8 Å². The number of aromatic nitrogens is 2. The van der Waals surface area contributed by atoms with Crippen molar-refractivity contribution in [3.8, 4) is 56.6 Å². The monoisotopic (exact) mass is 1810 g/mol. The maximum Gasteiger partial charge on any atom is 0.147 e. The summed E-state index contributed by atoms with van der Waals surface area (Å²) in [5.74, 6) is 6.31. The molecule has 0 spiro atoms. The average molecular weight is 1810 g/mol. The lowest BCUT2D eigenvalue weighted by Crippen LogP contribution is -2.50. The van der Waals surface area contributed by atoms with Crippen molar-refractivity contribution in [1.82, 2.24) is 9.13 Å². The minimum atomic E-state index is -2.22. The number of benzene rings is 8. The second-order valence-corrected chi connectivity index (χ2v) is 67.3. The summed E-state index contributed by atoms with van der Waals surface area (Å²) in [5, 5.41) is 38.9. The first-order valence-electron chi connectivity index (χ1n) is 50.1. The standard InChI is InChI=1S/C116H174F2N2O4Si4/c1-73(2)59-125(60-74(3)4,61-75(5)6)91-37-41-95-96-42-38-92(126(62-76(7)8,63-77(9)10)64-78(11)12)56-104(96)119(103(95)55-91)107-51-87(115(33,34)71-113(27,28)29)49-99(109(107)121)101-53-89(117)47-85(25)111(101)123-45-46-124-112-86(26)48-90(118)54-102(112)100-50-88(116(35,36)72-114(30,31)32)52-108(110(100)122)120-105-57-93(127(65-79(13)14,66-80(15)16)67-81(17)18)39-43-97(105)98-44-40-94(58-106(98)120)128(68-82(19)20,69-83(21)22)70-84(23)24/h37-44,47-58,73-84,121-122H,45-46,59-72H2,1-36H3. The van der Waals surface area contributed by atoms with Crippen LogP contribution in [0, 0.1) is 107 Å². The fourth-order valence-corrected chi connectivity index (χ4v) is 52.9. The lowest BCUT2D eigenvalue weighted by molar-refractivity contribution is 0.216. The van der Waals surface area contributed by atoms with Crippen molar-refractivity contribution in [2.24, 2.45) is 81.8 Å². The molecule has 0 aliphatic carbocycles. The molecule has 2 aromatic heterocycles. The molecule has 0 amide bonds. The molecule has 2 heterocycles. The number of hydrogen-bond acceptors (Lipinski definition) is 4. The van der Waals surface area contributed by atoms with E-state index in [2.05, 4.69) is 342 Å². The van der Waals surface area contributed by atoms with Crippen molar-refractivity contribution in [3.63, 3.8) is 0 Å². The molecule has 0 fully saturated rings. The molecule has 0 saturated carbocycles. The molecule has 0 aliphatic rings. The van der Waals surface area contributed by atoms with Crippen LogP contribution in [0.2, 0.25) is 72.5 Å². The van der Waals surface area contributed by atoms with E-state index in [4.69, 9.17) is 9.47 Å². The summed E-state index contributed by atoms with van der Waals surface area (Å²) >= 11 is 0. The van der Waals surface area contributed by atoms with E-state index in [9.17, 15) is 10.2 Å². The van der Waals surface area contributed by atoms with Gasteiger partial charge >= 0.3 is 0 Å². The number of nitrogens with zero attached hydrogens (tertiary/aromatic N) is 2. The Labute approximate surface area is 781 Å². The van der Waals surface area contributed by atoms with E-state index in [1.54, 1.807) is 12.1 Å². The molecule has 0 aliphatic heterocycles. The molecule has 0 atom stereocenters. The minimum absolute atomic E-state index is 0.00683. The van der Waals surface area contributed by atoms with E-state index in [0.29, 0.717) is 127 Å². The SMILES string of the molecule is Cc1cc(F)cc(-c2cc(C(C)(C)CC(C)(C)C)cc(-n3c4cc([Si](CC(C)C)(CC(C)C)CC(C)C)ccc4c4ccc([Si](CC(C)C)(CC(C)C)CC(C)C)cc43)c2O)c1OCCOc1c(C)cc(F)cc1-c1cc(C(C)(C)CC(C)(C)C)cc(-n2c3cc([Si](CC(C)C)(CC(C)C)CC(C)C)ccc3c3ccc([Si](CC(C)C)(CC(C)C)CC(C)C)cc32)c1O. The minimum Gasteiger partial charge on any atom is -0.505 e. The normalized spacial score (nSPS) is 13.5. The van der Waals surface area contributed by atoms with E-state index < -0.39 is 54.8 Å². The number of fused-ring (bicyclic) bond motifs is 6. The van der Waals surface area contributed by atoms with Gasteiger partial charge in [-0.1, -0.05) is 377 Å². The Balaban J connectivity index is 1.22. The van der Waals surface area contributed by atoms with Crippen molar-refractivity contribution < 1.29 is 28.5 Å². The summed E-state index contributed by atoms with van der Waals surface area (Å²) in [6.45, 7) is 84.9. The summed E-state index contributed by atoms with van der Waals surface area (Å²) in [6.07, 6.45) is 1.66. The number of rotatable bonds is 41. The molecule has 6 nitrogen and oxygen atoms in total. The lowest BCUT2D eigenvalue weighted by atomic mass is 9.71. The van der Waals surface area contributed by atoms with Crippen LogP contribution in [0.15, 0.2) is 121 Å². The predicted octanol–water partition coefficient (Wildman–Crippen LogP) is 32.9. The largest absolute Gasteiger partial charge is 0.505 e. The van der Waals surface area contributed by atoms with Crippen LogP contribution in [-0.2, 0) is 10.8 Å². The van der Waals surface area contributed by atoms with Crippen LogP contribution in [0.3, 0.4) is 0 Å². The van der Waals surface area contributed by atoms with Crippen LogP contribution < -0.4 is 30.2 Å². The zero-order chi connectivity index (χ0) is 95.1. The van der Waals surface area contributed by atoms with Crippen molar-refractivity contribution in [1.29, 1.82) is 0 Å². The molecule has 8 aromatic carbocycles. The lowest BCUT2D eigenvalue weighted by Gasteiger charge is -2.37. The van der Waals surface area contributed by atoms with Crippen molar-refractivity contribution in [2.45, 2.75) is 345 Å². The van der Waals surface area contributed by atoms with Gasteiger partial charge in [-0.15, -0.1) is 0 Å². The van der Waals surface area contributed by atoms with Gasteiger partial charge in [0.15, 0.2) is 0 Å². The summed E-state index contributed by atoms with van der Waals surface area (Å²) in [7, 11) is -8.90. The van der Waals surface area contributed by atoms with E-state index in [-0.39, 0.29) is 35.5 Å². The van der Waals surface area contributed by atoms with Gasteiger partial charge in [0, 0.05) is 43.8 Å². The highest BCUT2D eigenvalue weighted by Gasteiger charge is 2.44. The van der Waals surface area contributed by atoms with E-state index in [1.165, 1.54) is 105 Å². The Morgan fingerprint density at radius 1 is 0.289 bits per heavy atom. The molecule has 0 bridgehead atoms. The highest BCUT2D eigenvalue weighted by atomic mass is 28.3. The molecule has 12 heteroatoms. The van der Waals surface area contributed by atoms with E-state index in [1.807, 2.05) is 13.8 Å². The van der Waals surface area contributed by atoms with Crippen LogP contribution in [0.25, 0.3) is 77.2 Å². The summed E-state index contributed by atoms with van der Waals surface area (Å²) in [6, 6.07) is 59.2. The van der Waals surface area contributed by atoms with Gasteiger partial charge in [0.25, 0.3) is 0 Å². The van der Waals surface area contributed by atoms with Crippen LogP contribution in [0.1, 0.15) is 271 Å². The molecular weight excluding hydrogens is 1640 g/mol. The highest BCUT2D eigenvalue weighted by molar-refractivity contribution is 6.94. The number of halogens is 2. The molecule has 2 N–H and O–H groups in total. The Bertz CT molecular complexity index is 4860. The van der Waals surface area contributed by atoms with Gasteiger partial charge in [-0.2, -0.15) is 0 Å². The fourth-order valence-electron chi connectivity index (χ4n) is 25.8. The van der Waals surface area contributed by atoms with E-state index in [0.717, 1.165) is 67.6 Å². The van der Waals surface area contributed by atoms with E-state index >= 15 is 8.78 Å². The van der Waals surface area contributed by atoms with Crippen LogP contribution >= 0.6 is 0 Å². The number of ether oxygens (including phenoxy) is 2. The first-order chi connectivity index (χ1) is 59.3. The quantitative estimate of drug-likeness (QED) is 0.0296. The Morgan fingerprint density at radius 2 is 0.500 bits per heavy atom. The summed E-state index contributed by atoms with van der Waals surface area (Å²) < 4.78 is 53.6. The maximum atomic E-state index is 17.2. The van der Waals surface area contributed by atoms with Crippen LogP contribution in [0.5, 0.6) is 23.0 Å². The topological polar surface area (TPSA) is 68.8 Å². The smallest absolute Gasteiger partial charge is 0.147 e. The maximum absolute atomic E-state index is 17.2. The second kappa shape index (κ2) is 40.6. The van der Waals surface area contributed by atoms with Crippen LogP contribution in [0.4, 0.5) is 8.78 Å². The molecule has 0 saturated heterocycles. The van der Waals surface area contributed by atoms with Crippen LogP contribution in [-0.4, -0.2) is 64.9 Å². The zero-order valence-corrected chi connectivity index (χ0v) is 91.2. The molecule has 10 rings (SSSR count). The molecular formula is C116H174F2N2O4Si4.